The fourth-order valence-electron chi connectivity index (χ4n) is 2.95. The van der Waals surface area contributed by atoms with Gasteiger partial charge in [-0.05, 0) is 38.0 Å². The number of unbranched alkanes of at least 4 members (excludes halogenated alkanes) is 2. The Balaban J connectivity index is 2.41. The van der Waals surface area contributed by atoms with Crippen LogP contribution in [0.5, 0.6) is 0 Å². The third kappa shape index (κ3) is 3.42. The van der Waals surface area contributed by atoms with Crippen LogP contribution >= 0.6 is 11.6 Å². The molecule has 1 heterocycles. The molecule has 1 aromatic rings. The molecular weight excluding hydrogens is 314 g/mol. The molecule has 0 bridgehead atoms. The largest absolute Gasteiger partial charge is 0.503 e. The molecule has 0 saturated carbocycles. The van der Waals surface area contributed by atoms with E-state index in [9.17, 15) is 14.7 Å². The van der Waals surface area contributed by atoms with Crippen molar-refractivity contribution in [3.8, 4) is 0 Å². The average molecular weight is 336 g/mol. The highest BCUT2D eigenvalue weighted by atomic mass is 35.5. The van der Waals surface area contributed by atoms with E-state index >= 15 is 0 Å². The Kier molecular flexibility index (Phi) is 5.47. The summed E-state index contributed by atoms with van der Waals surface area (Å²) in [6, 6.07) is 4.90. The van der Waals surface area contributed by atoms with Gasteiger partial charge in [0.1, 0.15) is 0 Å². The Bertz CT molecular complexity index is 666. The van der Waals surface area contributed by atoms with Crippen LogP contribution in [0.2, 0.25) is 5.02 Å². The Labute approximate surface area is 141 Å². The monoisotopic (exact) mass is 335 g/mol. The predicted molar refractivity (Wildman–Crippen MR) is 91.9 cm³/mol. The van der Waals surface area contributed by atoms with E-state index in [0.717, 1.165) is 24.8 Å². The number of hydrogen-bond acceptors (Lipinski definition) is 3. The molecule has 23 heavy (non-hydrogen) atoms. The minimum Gasteiger partial charge on any atom is -0.503 e. The van der Waals surface area contributed by atoms with Gasteiger partial charge in [-0.3, -0.25) is 14.5 Å². The third-order valence-electron chi connectivity index (χ3n) is 4.22. The molecule has 0 radical (unpaired) electrons. The first-order valence-corrected chi connectivity index (χ1v) is 8.30. The van der Waals surface area contributed by atoms with E-state index < -0.39 is 17.7 Å². The minimum absolute atomic E-state index is 0.211. The number of amides is 1. The molecule has 1 unspecified atom stereocenters. The number of carbonyl (C=O) groups excluding carboxylic acids is 2. The lowest BCUT2D eigenvalue weighted by Crippen LogP contribution is -2.36. The van der Waals surface area contributed by atoms with Crippen LogP contribution in [0.15, 0.2) is 29.5 Å². The Morgan fingerprint density at radius 1 is 1.35 bits per heavy atom. The highest BCUT2D eigenvalue weighted by Gasteiger charge is 2.41. The van der Waals surface area contributed by atoms with Crippen molar-refractivity contribution in [2.24, 2.45) is 0 Å². The lowest BCUT2D eigenvalue weighted by atomic mass is 9.98. The first-order chi connectivity index (χ1) is 10.9. The van der Waals surface area contributed by atoms with Crippen molar-refractivity contribution in [2.75, 3.05) is 4.90 Å². The van der Waals surface area contributed by atoms with Gasteiger partial charge in [0.15, 0.2) is 11.5 Å². The normalized spacial score (nSPS) is 18.0. The summed E-state index contributed by atoms with van der Waals surface area (Å²) in [5, 5.41) is 10.7. The second-order valence-electron chi connectivity index (χ2n) is 5.94. The molecule has 1 amide bonds. The number of aryl methyl sites for hydroxylation is 1. The number of halogens is 1. The summed E-state index contributed by atoms with van der Waals surface area (Å²) in [5.41, 5.74) is 1.73. The molecule has 1 aromatic carbocycles. The van der Waals surface area contributed by atoms with Crippen LogP contribution < -0.4 is 4.90 Å². The molecule has 5 heteroatoms. The van der Waals surface area contributed by atoms with Gasteiger partial charge in [-0.25, -0.2) is 0 Å². The maximum Gasteiger partial charge on any atom is 0.294 e. The van der Waals surface area contributed by atoms with Crippen LogP contribution in [-0.2, 0) is 9.59 Å². The molecule has 0 saturated heterocycles. The van der Waals surface area contributed by atoms with Crippen molar-refractivity contribution in [2.45, 2.75) is 52.5 Å². The molecule has 4 nitrogen and oxygen atoms in total. The summed E-state index contributed by atoms with van der Waals surface area (Å²) < 4.78 is 0. The van der Waals surface area contributed by atoms with Gasteiger partial charge < -0.3 is 5.11 Å². The van der Waals surface area contributed by atoms with Crippen molar-refractivity contribution in [1.82, 2.24) is 0 Å². The van der Waals surface area contributed by atoms with Gasteiger partial charge in [-0.2, -0.15) is 0 Å². The maximum absolute atomic E-state index is 12.5. The zero-order valence-electron chi connectivity index (χ0n) is 13.7. The number of Topliss-reactive ketones (excluding diaryl/α,β-unsaturated/α-hetero) is 1. The van der Waals surface area contributed by atoms with E-state index in [0.29, 0.717) is 17.1 Å². The highest BCUT2D eigenvalue weighted by molar-refractivity contribution is 6.31. The first-order valence-electron chi connectivity index (χ1n) is 7.92. The summed E-state index contributed by atoms with van der Waals surface area (Å²) in [6.45, 7) is 5.36. The number of benzene rings is 1. The molecule has 0 spiro atoms. The second-order valence-corrected chi connectivity index (χ2v) is 6.35. The van der Waals surface area contributed by atoms with Crippen LogP contribution in [0, 0.1) is 6.92 Å². The zero-order valence-corrected chi connectivity index (χ0v) is 14.5. The van der Waals surface area contributed by atoms with Crippen LogP contribution in [-0.4, -0.2) is 22.8 Å². The van der Waals surface area contributed by atoms with E-state index in [-0.39, 0.29) is 11.4 Å². The highest BCUT2D eigenvalue weighted by Crippen LogP contribution is 2.35. The van der Waals surface area contributed by atoms with Crippen LogP contribution in [0.4, 0.5) is 5.69 Å². The quantitative estimate of drug-likeness (QED) is 0.786. The van der Waals surface area contributed by atoms with Crippen LogP contribution in [0.25, 0.3) is 0 Å². The molecule has 1 N–H and O–H groups in total. The maximum atomic E-state index is 12.5. The van der Waals surface area contributed by atoms with Gasteiger partial charge in [-0.15, -0.1) is 0 Å². The van der Waals surface area contributed by atoms with Crippen molar-refractivity contribution in [1.29, 1.82) is 0 Å². The number of anilines is 1. The van der Waals surface area contributed by atoms with Gasteiger partial charge >= 0.3 is 0 Å². The first kappa shape index (κ1) is 17.5. The molecule has 0 fully saturated rings. The molecule has 2 rings (SSSR count). The Hall–Kier alpha value is -1.81. The van der Waals surface area contributed by atoms with Crippen molar-refractivity contribution in [3.05, 3.63) is 40.1 Å². The van der Waals surface area contributed by atoms with E-state index in [2.05, 4.69) is 6.92 Å². The van der Waals surface area contributed by atoms with E-state index in [4.69, 9.17) is 11.6 Å². The number of carbonyl (C=O) groups is 2. The smallest absolute Gasteiger partial charge is 0.294 e. The van der Waals surface area contributed by atoms with Gasteiger partial charge in [-0.1, -0.05) is 43.9 Å². The van der Waals surface area contributed by atoms with Crippen molar-refractivity contribution in [3.63, 3.8) is 0 Å². The van der Waals surface area contributed by atoms with Crippen LogP contribution in [0.1, 0.15) is 45.1 Å². The average Bonchev–Trinajstić information content (AvgIpc) is 2.74. The number of ketones is 1. The number of aliphatic hydroxyl groups is 1. The van der Waals surface area contributed by atoms with Gasteiger partial charge in [0, 0.05) is 10.7 Å². The second kappa shape index (κ2) is 7.18. The fraction of sp³-hybridized carbons (Fsp3) is 0.444. The summed E-state index contributed by atoms with van der Waals surface area (Å²) in [6.07, 6.45) is 3.58. The van der Waals surface area contributed by atoms with Crippen molar-refractivity contribution >= 4 is 29.0 Å². The molecule has 124 valence electrons. The molecule has 1 aliphatic rings. The SMILES string of the molecule is CCCCCC1C(C(C)=O)=C(O)C(=O)N1c1ccc(C)c(Cl)c1. The predicted octanol–water partition coefficient (Wildman–Crippen LogP) is 4.35. The summed E-state index contributed by atoms with van der Waals surface area (Å²) >= 11 is 6.17. The van der Waals surface area contributed by atoms with E-state index in [1.807, 2.05) is 13.0 Å². The molecule has 1 aliphatic heterocycles. The lowest BCUT2D eigenvalue weighted by Gasteiger charge is -2.26. The zero-order chi connectivity index (χ0) is 17.1. The number of nitrogens with zero attached hydrogens (tertiary/aromatic N) is 1. The molecule has 0 aromatic heterocycles. The summed E-state index contributed by atoms with van der Waals surface area (Å²) in [5.74, 6) is -1.23. The topological polar surface area (TPSA) is 57.6 Å². The van der Waals surface area contributed by atoms with Crippen molar-refractivity contribution < 1.29 is 14.7 Å². The molecule has 1 atom stereocenters. The van der Waals surface area contributed by atoms with Gasteiger partial charge in [0.2, 0.25) is 0 Å². The lowest BCUT2D eigenvalue weighted by molar-refractivity contribution is -0.117. The Morgan fingerprint density at radius 3 is 2.61 bits per heavy atom. The van der Waals surface area contributed by atoms with Gasteiger partial charge in [0.25, 0.3) is 5.91 Å². The van der Waals surface area contributed by atoms with Crippen LogP contribution in [0.3, 0.4) is 0 Å². The summed E-state index contributed by atoms with van der Waals surface area (Å²) in [4.78, 5) is 25.9. The minimum atomic E-state index is -0.531. The fourth-order valence-corrected chi connectivity index (χ4v) is 3.12. The molecular formula is C18H22ClNO3. The summed E-state index contributed by atoms with van der Waals surface area (Å²) in [7, 11) is 0. The number of aliphatic hydroxyl groups excluding tert-OH is 1. The van der Waals surface area contributed by atoms with E-state index in [1.54, 1.807) is 12.1 Å². The molecule has 0 aliphatic carbocycles. The van der Waals surface area contributed by atoms with E-state index in [1.165, 1.54) is 11.8 Å². The van der Waals surface area contributed by atoms with Gasteiger partial charge in [0.05, 0.1) is 11.6 Å². The standard InChI is InChI=1S/C18H22ClNO3/c1-4-5-6-7-15-16(12(3)21)17(22)18(23)20(15)13-9-8-11(2)14(19)10-13/h8-10,15,22H,4-7H2,1-3H3. The number of rotatable bonds is 6. The third-order valence-corrected chi connectivity index (χ3v) is 4.62. The number of hydrogen-bond donors (Lipinski definition) is 1. The Morgan fingerprint density at radius 2 is 2.04 bits per heavy atom.